The van der Waals surface area contributed by atoms with Crippen LogP contribution in [-0.4, -0.2) is 18.5 Å². The minimum Gasteiger partial charge on any atom is -0.465 e. The molecule has 0 aromatic heterocycles. The molecule has 0 aliphatic rings. The topological polar surface area (TPSA) is 52.6 Å². The van der Waals surface area contributed by atoms with Crippen LogP contribution in [0, 0.1) is 5.41 Å². The Morgan fingerprint density at radius 3 is 1.86 bits per heavy atom. The third-order valence-corrected chi connectivity index (χ3v) is 5.93. The molecule has 29 heavy (non-hydrogen) atoms. The van der Waals surface area contributed by atoms with Crippen LogP contribution >= 0.6 is 23.2 Å². The molecule has 0 atom stereocenters. The number of carbonyl (C=O) groups excluding carboxylic acids is 2. The summed E-state index contributed by atoms with van der Waals surface area (Å²) in [6, 6.07) is 4.82. The van der Waals surface area contributed by atoms with Gasteiger partial charge in [-0.25, -0.2) is 0 Å². The molecule has 0 aliphatic carbocycles. The zero-order valence-electron chi connectivity index (χ0n) is 17.9. The second-order valence-electron chi connectivity index (χ2n) is 7.34. The smallest absolute Gasteiger partial charge is 0.328 e. The number of hydrogen-bond donors (Lipinski definition) is 0. The molecule has 0 saturated carbocycles. The van der Waals surface area contributed by atoms with Gasteiger partial charge in [0.1, 0.15) is 0 Å². The molecule has 1 aromatic carbocycles. The van der Waals surface area contributed by atoms with E-state index in [1.807, 2.05) is 0 Å². The molecule has 1 aromatic rings. The van der Waals surface area contributed by atoms with Crippen molar-refractivity contribution in [2.75, 3.05) is 6.61 Å². The Hall–Kier alpha value is -1.26. The normalized spacial score (nSPS) is 11.3. The molecule has 0 heterocycles. The van der Waals surface area contributed by atoms with E-state index < -0.39 is 17.4 Å². The summed E-state index contributed by atoms with van der Waals surface area (Å²) in [5.74, 6) is -1.15. The fraction of sp³-hybridized carbons (Fsp3) is 0.652. The SMILES string of the molecule is CCCCCCCCCCOC(=O)C(CC)(CC)C(=O)Oc1c(Cl)cccc1Cl. The Morgan fingerprint density at radius 1 is 0.828 bits per heavy atom. The Morgan fingerprint density at radius 2 is 1.34 bits per heavy atom. The number of ether oxygens (including phenoxy) is 2. The van der Waals surface area contributed by atoms with E-state index in [-0.39, 0.29) is 28.6 Å². The summed E-state index contributed by atoms with van der Waals surface area (Å²) in [6.07, 6.45) is 9.83. The first-order valence-corrected chi connectivity index (χ1v) is 11.5. The van der Waals surface area contributed by atoms with Crippen molar-refractivity contribution in [3.05, 3.63) is 28.2 Å². The first kappa shape index (κ1) is 25.8. The molecule has 0 saturated heterocycles. The number of rotatable bonds is 14. The molecule has 164 valence electrons. The lowest BCUT2D eigenvalue weighted by molar-refractivity contribution is -0.168. The van der Waals surface area contributed by atoms with Gasteiger partial charge in [0.2, 0.25) is 0 Å². The number of benzene rings is 1. The average molecular weight is 445 g/mol. The Bertz CT molecular complexity index is 622. The van der Waals surface area contributed by atoms with Crippen LogP contribution in [0.3, 0.4) is 0 Å². The minimum atomic E-state index is -1.36. The molecule has 0 amide bonds. The molecule has 6 heteroatoms. The molecule has 0 unspecified atom stereocenters. The van der Waals surface area contributed by atoms with Gasteiger partial charge >= 0.3 is 11.9 Å². The van der Waals surface area contributed by atoms with E-state index in [4.69, 9.17) is 32.7 Å². The zero-order valence-corrected chi connectivity index (χ0v) is 19.4. The van der Waals surface area contributed by atoms with E-state index in [0.717, 1.165) is 19.3 Å². The van der Waals surface area contributed by atoms with Gasteiger partial charge in [0.25, 0.3) is 0 Å². The van der Waals surface area contributed by atoms with E-state index in [2.05, 4.69) is 6.92 Å². The number of para-hydroxylation sites is 1. The van der Waals surface area contributed by atoms with E-state index in [9.17, 15) is 9.59 Å². The Balaban J connectivity index is 2.56. The van der Waals surface area contributed by atoms with Crippen molar-refractivity contribution < 1.29 is 19.1 Å². The minimum absolute atomic E-state index is 0.0722. The van der Waals surface area contributed by atoms with E-state index in [1.165, 1.54) is 32.1 Å². The highest BCUT2D eigenvalue weighted by atomic mass is 35.5. The van der Waals surface area contributed by atoms with Crippen LogP contribution < -0.4 is 4.74 Å². The van der Waals surface area contributed by atoms with Crippen molar-refractivity contribution in [1.82, 2.24) is 0 Å². The van der Waals surface area contributed by atoms with Crippen LogP contribution in [-0.2, 0) is 14.3 Å². The van der Waals surface area contributed by atoms with Gasteiger partial charge < -0.3 is 9.47 Å². The molecular formula is C23H34Cl2O4. The molecule has 0 bridgehead atoms. The lowest BCUT2D eigenvalue weighted by atomic mass is 9.82. The van der Waals surface area contributed by atoms with Gasteiger partial charge in [0, 0.05) is 0 Å². The summed E-state index contributed by atoms with van der Waals surface area (Å²) in [4.78, 5) is 25.6. The molecule has 0 N–H and O–H groups in total. The monoisotopic (exact) mass is 444 g/mol. The fourth-order valence-electron chi connectivity index (χ4n) is 3.22. The van der Waals surface area contributed by atoms with E-state index >= 15 is 0 Å². The largest absolute Gasteiger partial charge is 0.465 e. The number of unbranched alkanes of at least 4 members (excludes halogenated alkanes) is 7. The fourth-order valence-corrected chi connectivity index (χ4v) is 3.69. The molecule has 0 fully saturated rings. The second-order valence-corrected chi connectivity index (χ2v) is 8.15. The quantitative estimate of drug-likeness (QED) is 0.130. The van der Waals surface area contributed by atoms with Crippen molar-refractivity contribution in [2.24, 2.45) is 5.41 Å². The standard InChI is InChI=1S/C23H34Cl2O4/c1-4-7-8-9-10-11-12-13-17-28-21(26)23(5-2,6-3)22(27)29-20-18(24)15-14-16-19(20)25/h14-16H,4-13,17H2,1-3H3. The summed E-state index contributed by atoms with van der Waals surface area (Å²) >= 11 is 12.2. The van der Waals surface area contributed by atoms with Crippen LogP contribution in [0.25, 0.3) is 0 Å². The lowest BCUT2D eigenvalue weighted by Crippen LogP contribution is -2.42. The number of esters is 2. The highest BCUT2D eigenvalue weighted by molar-refractivity contribution is 6.37. The molecule has 1 rings (SSSR count). The van der Waals surface area contributed by atoms with E-state index in [1.54, 1.807) is 32.0 Å². The van der Waals surface area contributed by atoms with Crippen LogP contribution in [0.1, 0.15) is 85.0 Å². The highest BCUT2D eigenvalue weighted by Crippen LogP contribution is 2.36. The number of halogens is 2. The van der Waals surface area contributed by atoms with Gasteiger partial charge in [-0.15, -0.1) is 0 Å². The zero-order chi connectivity index (χ0) is 21.7. The highest BCUT2D eigenvalue weighted by Gasteiger charge is 2.46. The molecular weight excluding hydrogens is 411 g/mol. The first-order chi connectivity index (χ1) is 13.9. The molecule has 4 nitrogen and oxygen atoms in total. The van der Waals surface area contributed by atoms with Crippen molar-refractivity contribution in [3.63, 3.8) is 0 Å². The van der Waals surface area contributed by atoms with Gasteiger partial charge in [0.15, 0.2) is 11.2 Å². The molecule has 0 radical (unpaired) electrons. The summed E-state index contributed by atoms with van der Waals surface area (Å²) in [5.41, 5.74) is -1.36. The predicted molar refractivity (Wildman–Crippen MR) is 119 cm³/mol. The Labute approximate surface area is 185 Å². The van der Waals surface area contributed by atoms with Crippen LogP contribution in [0.5, 0.6) is 5.75 Å². The van der Waals surface area contributed by atoms with Gasteiger partial charge in [-0.3, -0.25) is 9.59 Å². The third kappa shape index (κ3) is 7.82. The maximum atomic E-state index is 12.9. The van der Waals surface area contributed by atoms with Gasteiger partial charge in [-0.1, -0.05) is 95.0 Å². The molecule has 0 aliphatic heterocycles. The lowest BCUT2D eigenvalue weighted by Gasteiger charge is -2.27. The summed E-state index contributed by atoms with van der Waals surface area (Å²) < 4.78 is 10.9. The summed E-state index contributed by atoms with van der Waals surface area (Å²) in [6.45, 7) is 6.07. The number of hydrogen-bond acceptors (Lipinski definition) is 4. The van der Waals surface area contributed by atoms with Crippen LogP contribution in [0.15, 0.2) is 18.2 Å². The maximum Gasteiger partial charge on any atom is 0.328 e. The van der Waals surface area contributed by atoms with Gasteiger partial charge in [0.05, 0.1) is 16.7 Å². The van der Waals surface area contributed by atoms with Crippen molar-refractivity contribution >= 4 is 35.1 Å². The van der Waals surface area contributed by atoms with Crippen LogP contribution in [0.4, 0.5) is 0 Å². The molecule has 0 spiro atoms. The number of carbonyl (C=O) groups is 2. The summed E-state index contributed by atoms with van der Waals surface area (Å²) in [7, 11) is 0. The van der Waals surface area contributed by atoms with Crippen molar-refractivity contribution in [3.8, 4) is 5.75 Å². The van der Waals surface area contributed by atoms with Crippen molar-refractivity contribution in [2.45, 2.75) is 85.0 Å². The van der Waals surface area contributed by atoms with Crippen molar-refractivity contribution in [1.29, 1.82) is 0 Å². The van der Waals surface area contributed by atoms with Gasteiger partial charge in [-0.2, -0.15) is 0 Å². The first-order valence-electron chi connectivity index (χ1n) is 10.8. The second kappa shape index (κ2) is 13.9. The van der Waals surface area contributed by atoms with Gasteiger partial charge in [-0.05, 0) is 31.4 Å². The third-order valence-electron chi connectivity index (χ3n) is 5.33. The predicted octanol–water partition coefficient (Wildman–Crippen LogP) is 7.39. The average Bonchev–Trinajstić information content (AvgIpc) is 2.71. The summed E-state index contributed by atoms with van der Waals surface area (Å²) in [5, 5.41) is 0.443. The maximum absolute atomic E-state index is 12.9. The van der Waals surface area contributed by atoms with Crippen LogP contribution in [0.2, 0.25) is 10.0 Å². The Kier molecular flexibility index (Phi) is 12.3. The van der Waals surface area contributed by atoms with E-state index in [0.29, 0.717) is 6.61 Å².